The highest BCUT2D eigenvalue weighted by Crippen LogP contribution is 2.32. The number of hydrogen-bond donors (Lipinski definition) is 2. The van der Waals surface area contributed by atoms with Crippen molar-refractivity contribution in [3.63, 3.8) is 0 Å². The van der Waals surface area contributed by atoms with Crippen LogP contribution in [0.5, 0.6) is 5.75 Å². The van der Waals surface area contributed by atoms with Gasteiger partial charge in [-0.2, -0.15) is 0 Å². The van der Waals surface area contributed by atoms with Crippen LogP contribution in [-0.2, 0) is 0 Å². The molecule has 0 heterocycles. The third kappa shape index (κ3) is 4.17. The summed E-state index contributed by atoms with van der Waals surface area (Å²) >= 11 is 0. The Balaban J connectivity index is 1.95. The summed E-state index contributed by atoms with van der Waals surface area (Å²) in [7, 11) is 1.46. The van der Waals surface area contributed by atoms with E-state index in [1.807, 2.05) is 13.0 Å². The van der Waals surface area contributed by atoms with Gasteiger partial charge in [0.25, 0.3) is 0 Å². The predicted molar refractivity (Wildman–Crippen MR) is 82.0 cm³/mol. The van der Waals surface area contributed by atoms with Crippen LogP contribution in [0.3, 0.4) is 0 Å². The van der Waals surface area contributed by atoms with E-state index in [9.17, 15) is 9.50 Å². The van der Waals surface area contributed by atoms with Crippen molar-refractivity contribution in [1.29, 1.82) is 0 Å². The number of rotatable bonds is 5. The molecule has 1 aromatic rings. The Labute approximate surface area is 126 Å². The van der Waals surface area contributed by atoms with E-state index in [2.05, 4.69) is 12.2 Å². The molecule has 0 radical (unpaired) electrons. The van der Waals surface area contributed by atoms with Crippen LogP contribution in [0, 0.1) is 11.7 Å². The van der Waals surface area contributed by atoms with Crippen molar-refractivity contribution in [3.8, 4) is 5.75 Å². The predicted octanol–water partition coefficient (Wildman–Crippen LogP) is 3.43. The highest BCUT2D eigenvalue weighted by Gasteiger charge is 2.32. The van der Waals surface area contributed by atoms with E-state index >= 15 is 0 Å². The molecule has 3 atom stereocenters. The van der Waals surface area contributed by atoms with Crippen LogP contribution in [0.2, 0.25) is 0 Å². The van der Waals surface area contributed by atoms with E-state index in [0.717, 1.165) is 24.8 Å². The first kappa shape index (κ1) is 16.2. The van der Waals surface area contributed by atoms with Gasteiger partial charge in [0.1, 0.15) is 0 Å². The van der Waals surface area contributed by atoms with Crippen molar-refractivity contribution in [2.75, 3.05) is 13.7 Å². The maximum Gasteiger partial charge on any atom is 0.165 e. The van der Waals surface area contributed by atoms with Crippen molar-refractivity contribution >= 4 is 0 Å². The summed E-state index contributed by atoms with van der Waals surface area (Å²) in [4.78, 5) is 0. The van der Waals surface area contributed by atoms with Gasteiger partial charge in [0.2, 0.25) is 0 Å². The fourth-order valence-corrected chi connectivity index (χ4v) is 3.21. The normalized spacial score (nSPS) is 27.4. The van der Waals surface area contributed by atoms with Crippen LogP contribution >= 0.6 is 0 Å². The number of aliphatic hydroxyl groups is 1. The molecule has 0 aromatic heterocycles. The van der Waals surface area contributed by atoms with Gasteiger partial charge in [-0.3, -0.25) is 0 Å². The van der Waals surface area contributed by atoms with Gasteiger partial charge < -0.3 is 15.2 Å². The van der Waals surface area contributed by atoms with E-state index in [0.29, 0.717) is 12.5 Å². The van der Waals surface area contributed by atoms with Crippen LogP contribution in [0.15, 0.2) is 18.2 Å². The molecule has 0 spiro atoms. The highest BCUT2D eigenvalue weighted by molar-refractivity contribution is 5.30. The molecule has 118 valence electrons. The van der Waals surface area contributed by atoms with Gasteiger partial charge in [-0.1, -0.05) is 25.8 Å². The lowest BCUT2D eigenvalue weighted by atomic mass is 9.79. The Morgan fingerprint density at radius 1 is 1.52 bits per heavy atom. The minimum absolute atomic E-state index is 0.00772. The molecule has 2 N–H and O–H groups in total. The van der Waals surface area contributed by atoms with Crippen molar-refractivity contribution < 1.29 is 14.2 Å². The fourth-order valence-electron chi connectivity index (χ4n) is 3.21. The topological polar surface area (TPSA) is 41.5 Å². The molecule has 21 heavy (non-hydrogen) atoms. The first-order chi connectivity index (χ1) is 9.93. The summed E-state index contributed by atoms with van der Waals surface area (Å²) < 4.78 is 18.7. The van der Waals surface area contributed by atoms with Crippen LogP contribution in [0.4, 0.5) is 4.39 Å². The van der Waals surface area contributed by atoms with Gasteiger partial charge in [0.05, 0.1) is 12.7 Å². The number of ether oxygens (including phenoxy) is 1. The summed E-state index contributed by atoms with van der Waals surface area (Å²) in [6.45, 7) is 4.72. The van der Waals surface area contributed by atoms with Crippen LogP contribution < -0.4 is 10.1 Å². The maximum absolute atomic E-state index is 13.7. The Bertz CT molecular complexity index is 480. The number of hydrogen-bond acceptors (Lipinski definition) is 3. The Morgan fingerprint density at radius 2 is 2.29 bits per heavy atom. The zero-order valence-corrected chi connectivity index (χ0v) is 13.2. The Kier molecular flexibility index (Phi) is 5.22. The molecule has 4 heteroatoms. The summed E-state index contributed by atoms with van der Waals surface area (Å²) in [5.74, 6) is 0.471. The van der Waals surface area contributed by atoms with Crippen molar-refractivity contribution in [2.24, 2.45) is 5.92 Å². The largest absolute Gasteiger partial charge is 0.494 e. The minimum atomic E-state index is -0.628. The number of benzene rings is 1. The van der Waals surface area contributed by atoms with Crippen LogP contribution in [0.1, 0.15) is 51.1 Å². The van der Waals surface area contributed by atoms with E-state index in [1.54, 1.807) is 6.07 Å². The fraction of sp³-hybridized carbons (Fsp3) is 0.647. The smallest absolute Gasteiger partial charge is 0.165 e. The molecular weight excluding hydrogens is 269 g/mol. The molecule has 1 aliphatic carbocycles. The zero-order chi connectivity index (χ0) is 15.5. The monoisotopic (exact) mass is 295 g/mol. The Morgan fingerprint density at radius 3 is 2.90 bits per heavy atom. The molecule has 2 rings (SSSR count). The molecule has 0 aliphatic heterocycles. The molecule has 3 unspecified atom stereocenters. The van der Waals surface area contributed by atoms with Gasteiger partial charge in [-0.05, 0) is 43.4 Å². The van der Waals surface area contributed by atoms with Crippen LogP contribution in [-0.4, -0.2) is 24.4 Å². The number of nitrogens with one attached hydrogen (secondary N) is 1. The molecular formula is C17H26FNO2. The number of halogens is 1. The average Bonchev–Trinajstić information content (AvgIpc) is 2.44. The second-order valence-corrected chi connectivity index (χ2v) is 6.42. The van der Waals surface area contributed by atoms with Crippen molar-refractivity contribution in [1.82, 2.24) is 5.32 Å². The van der Waals surface area contributed by atoms with E-state index in [-0.39, 0.29) is 17.6 Å². The lowest BCUT2D eigenvalue weighted by molar-refractivity contribution is -0.0134. The maximum atomic E-state index is 13.7. The van der Waals surface area contributed by atoms with E-state index < -0.39 is 5.60 Å². The Hall–Kier alpha value is -1.13. The van der Waals surface area contributed by atoms with Gasteiger partial charge >= 0.3 is 0 Å². The third-order valence-corrected chi connectivity index (χ3v) is 4.48. The molecule has 0 amide bonds. The van der Waals surface area contributed by atoms with Gasteiger partial charge in [0.15, 0.2) is 11.6 Å². The summed E-state index contributed by atoms with van der Waals surface area (Å²) in [6.07, 6.45) is 3.95. The second kappa shape index (κ2) is 6.75. The quantitative estimate of drug-likeness (QED) is 0.874. The number of methoxy groups -OCH3 is 1. The molecule has 0 saturated heterocycles. The van der Waals surface area contributed by atoms with Crippen molar-refractivity contribution in [2.45, 2.75) is 51.2 Å². The second-order valence-electron chi connectivity index (χ2n) is 6.42. The molecule has 0 bridgehead atoms. The molecule has 1 aliphatic rings. The summed E-state index contributed by atoms with van der Waals surface area (Å²) in [5.41, 5.74) is 0.234. The molecule has 1 saturated carbocycles. The lowest BCUT2D eigenvalue weighted by Gasteiger charge is -2.36. The lowest BCUT2D eigenvalue weighted by Crippen LogP contribution is -2.44. The summed E-state index contributed by atoms with van der Waals surface area (Å²) in [6, 6.07) is 4.98. The van der Waals surface area contributed by atoms with Gasteiger partial charge in [0, 0.05) is 12.6 Å². The highest BCUT2D eigenvalue weighted by atomic mass is 19.1. The molecule has 1 fully saturated rings. The zero-order valence-electron chi connectivity index (χ0n) is 13.2. The standard InChI is InChI=1S/C17H26FNO2/c1-12-5-4-8-17(20,10-12)11-19-13(2)14-6-7-16(21-3)15(18)9-14/h6-7,9,12-13,19-20H,4-5,8,10-11H2,1-3H3. The van der Waals surface area contributed by atoms with E-state index in [4.69, 9.17) is 4.74 Å². The first-order valence-corrected chi connectivity index (χ1v) is 7.73. The average molecular weight is 295 g/mol. The van der Waals surface area contributed by atoms with Crippen molar-refractivity contribution in [3.05, 3.63) is 29.6 Å². The molecule has 3 nitrogen and oxygen atoms in total. The minimum Gasteiger partial charge on any atom is -0.494 e. The third-order valence-electron chi connectivity index (χ3n) is 4.48. The molecule has 1 aromatic carbocycles. The van der Waals surface area contributed by atoms with E-state index in [1.165, 1.54) is 19.6 Å². The van der Waals surface area contributed by atoms with Gasteiger partial charge in [-0.15, -0.1) is 0 Å². The SMILES string of the molecule is COc1ccc(C(C)NCC2(O)CCCC(C)C2)cc1F. The summed E-state index contributed by atoms with van der Waals surface area (Å²) in [5, 5.41) is 14.0. The van der Waals surface area contributed by atoms with Crippen LogP contribution in [0.25, 0.3) is 0 Å². The van der Waals surface area contributed by atoms with Gasteiger partial charge in [-0.25, -0.2) is 4.39 Å². The first-order valence-electron chi connectivity index (χ1n) is 7.73.